The van der Waals surface area contributed by atoms with Crippen LogP contribution in [0.3, 0.4) is 0 Å². The fourth-order valence-corrected chi connectivity index (χ4v) is 6.04. The molecule has 3 aromatic carbocycles. The fraction of sp³-hybridized carbons (Fsp3) is 0.310. The molecule has 2 amide bonds. The first-order chi connectivity index (χ1) is 19.0. The minimum Gasteiger partial charge on any atom is -0.354 e. The van der Waals surface area contributed by atoms with Gasteiger partial charge >= 0.3 is 0 Å². The number of aryl methyl sites for hydroxylation is 1. The molecule has 0 saturated carbocycles. The van der Waals surface area contributed by atoms with E-state index >= 15 is 0 Å². The van der Waals surface area contributed by atoms with Crippen LogP contribution >= 0.6 is 23.2 Å². The standard InChI is InChI=1S/C29H32Cl2FN3O4S/c1-4-17-33-29(37)27(5-2)34(18-24-25(30)7-6-8-26(24)31)28(36)19-35(22-13-9-20(3)10-14-22)40(38,39)23-15-11-21(32)12-16-23/h6-16,27H,4-5,17-19H2,1-3H3,(H,33,37). The molecule has 0 aromatic heterocycles. The van der Waals surface area contributed by atoms with E-state index in [-0.39, 0.29) is 29.5 Å². The van der Waals surface area contributed by atoms with Gasteiger partial charge in [0.05, 0.1) is 10.6 Å². The highest BCUT2D eigenvalue weighted by molar-refractivity contribution is 7.92. The lowest BCUT2D eigenvalue weighted by Crippen LogP contribution is -2.52. The van der Waals surface area contributed by atoms with Gasteiger partial charge in [-0.3, -0.25) is 13.9 Å². The molecule has 1 atom stereocenters. The number of sulfonamides is 1. The fourth-order valence-electron chi connectivity index (χ4n) is 4.11. The molecule has 11 heteroatoms. The van der Waals surface area contributed by atoms with Gasteiger partial charge in [0.15, 0.2) is 0 Å². The van der Waals surface area contributed by atoms with Crippen LogP contribution in [0.25, 0.3) is 0 Å². The van der Waals surface area contributed by atoms with Crippen LogP contribution < -0.4 is 9.62 Å². The summed E-state index contributed by atoms with van der Waals surface area (Å²) in [6.07, 6.45) is 0.960. The smallest absolute Gasteiger partial charge is 0.264 e. The molecule has 0 bridgehead atoms. The number of carbonyl (C=O) groups is 2. The molecule has 1 unspecified atom stereocenters. The van der Waals surface area contributed by atoms with Gasteiger partial charge in [0.25, 0.3) is 10.0 Å². The second-order valence-electron chi connectivity index (χ2n) is 9.24. The van der Waals surface area contributed by atoms with Gasteiger partial charge < -0.3 is 10.2 Å². The highest BCUT2D eigenvalue weighted by Gasteiger charge is 2.34. The Hall–Kier alpha value is -3.14. The van der Waals surface area contributed by atoms with Crippen molar-refractivity contribution in [1.82, 2.24) is 10.2 Å². The molecule has 0 radical (unpaired) electrons. The van der Waals surface area contributed by atoms with Crippen molar-refractivity contribution in [3.63, 3.8) is 0 Å². The minimum atomic E-state index is -4.30. The second-order valence-corrected chi connectivity index (χ2v) is 11.9. The van der Waals surface area contributed by atoms with Crippen LogP contribution in [-0.2, 0) is 26.2 Å². The van der Waals surface area contributed by atoms with Gasteiger partial charge in [0.1, 0.15) is 18.4 Å². The Morgan fingerprint density at radius 1 is 0.950 bits per heavy atom. The lowest BCUT2D eigenvalue weighted by Gasteiger charge is -2.33. The predicted molar refractivity (Wildman–Crippen MR) is 157 cm³/mol. The monoisotopic (exact) mass is 607 g/mol. The van der Waals surface area contributed by atoms with Crippen LogP contribution in [0.4, 0.5) is 10.1 Å². The summed E-state index contributed by atoms with van der Waals surface area (Å²) >= 11 is 12.8. The number of rotatable bonds is 12. The van der Waals surface area contributed by atoms with Crippen molar-refractivity contribution in [3.05, 3.63) is 93.7 Å². The van der Waals surface area contributed by atoms with Crippen LogP contribution in [0.5, 0.6) is 0 Å². The van der Waals surface area contributed by atoms with Crippen molar-refractivity contribution in [2.75, 3.05) is 17.4 Å². The Morgan fingerprint density at radius 2 is 1.55 bits per heavy atom. The van der Waals surface area contributed by atoms with E-state index < -0.39 is 34.3 Å². The first-order valence-electron chi connectivity index (χ1n) is 12.8. The van der Waals surface area contributed by atoms with E-state index in [1.54, 1.807) is 49.4 Å². The van der Waals surface area contributed by atoms with Crippen molar-refractivity contribution in [3.8, 4) is 0 Å². The minimum absolute atomic E-state index is 0.117. The van der Waals surface area contributed by atoms with E-state index in [1.165, 1.54) is 4.90 Å². The van der Waals surface area contributed by atoms with E-state index in [2.05, 4.69) is 5.32 Å². The molecule has 0 saturated heterocycles. The zero-order valence-corrected chi connectivity index (χ0v) is 24.9. The van der Waals surface area contributed by atoms with E-state index in [4.69, 9.17) is 23.2 Å². The Labute approximate surface area is 244 Å². The van der Waals surface area contributed by atoms with Gasteiger partial charge in [-0.05, 0) is 68.3 Å². The maximum atomic E-state index is 14.0. The first kappa shape index (κ1) is 31.4. The van der Waals surface area contributed by atoms with Gasteiger partial charge in [0.2, 0.25) is 11.8 Å². The van der Waals surface area contributed by atoms with Gasteiger partial charge in [0, 0.05) is 28.7 Å². The average Bonchev–Trinajstić information content (AvgIpc) is 2.92. The molecule has 1 N–H and O–H groups in total. The zero-order chi connectivity index (χ0) is 29.4. The first-order valence-corrected chi connectivity index (χ1v) is 15.0. The largest absolute Gasteiger partial charge is 0.354 e. The molecule has 0 heterocycles. The molecule has 7 nitrogen and oxygen atoms in total. The summed E-state index contributed by atoms with van der Waals surface area (Å²) in [6.45, 7) is 5.20. The number of hydrogen-bond donors (Lipinski definition) is 1. The lowest BCUT2D eigenvalue weighted by molar-refractivity contribution is -0.140. The van der Waals surface area contributed by atoms with Gasteiger partial charge in [-0.2, -0.15) is 0 Å². The summed E-state index contributed by atoms with van der Waals surface area (Å²) in [5.74, 6) is -1.60. The third-order valence-electron chi connectivity index (χ3n) is 6.33. The molecule has 214 valence electrons. The molecule has 40 heavy (non-hydrogen) atoms. The molecular formula is C29H32Cl2FN3O4S. The number of halogens is 3. The van der Waals surface area contributed by atoms with Crippen molar-refractivity contribution in [1.29, 1.82) is 0 Å². The van der Waals surface area contributed by atoms with E-state index in [0.29, 0.717) is 28.6 Å². The lowest BCUT2D eigenvalue weighted by atomic mass is 10.1. The number of nitrogens with zero attached hydrogens (tertiary/aromatic N) is 2. The maximum Gasteiger partial charge on any atom is 0.264 e. The van der Waals surface area contributed by atoms with Crippen molar-refractivity contribution in [2.45, 2.75) is 51.1 Å². The Morgan fingerprint density at radius 3 is 2.10 bits per heavy atom. The molecule has 0 aliphatic heterocycles. The summed E-state index contributed by atoms with van der Waals surface area (Å²) in [6, 6.07) is 15.0. The van der Waals surface area contributed by atoms with Crippen LogP contribution in [-0.4, -0.2) is 44.3 Å². The summed E-state index contributed by atoms with van der Waals surface area (Å²) in [7, 11) is -4.30. The quantitative estimate of drug-likeness (QED) is 0.275. The van der Waals surface area contributed by atoms with Crippen LogP contribution in [0.15, 0.2) is 71.6 Å². The number of hydrogen-bond acceptors (Lipinski definition) is 4. The summed E-state index contributed by atoms with van der Waals surface area (Å²) in [5, 5.41) is 3.44. The van der Waals surface area contributed by atoms with E-state index in [9.17, 15) is 22.4 Å². The third-order valence-corrected chi connectivity index (χ3v) is 8.82. The molecule has 0 aliphatic carbocycles. The summed E-state index contributed by atoms with van der Waals surface area (Å²) < 4.78 is 42.1. The molecular weight excluding hydrogens is 576 g/mol. The van der Waals surface area contributed by atoms with Gasteiger partial charge in [-0.15, -0.1) is 0 Å². The molecule has 3 aromatic rings. The summed E-state index contributed by atoms with van der Waals surface area (Å²) in [4.78, 5) is 28.3. The molecule has 0 aliphatic rings. The maximum absolute atomic E-state index is 14.0. The number of nitrogens with one attached hydrogen (secondary N) is 1. The van der Waals surface area contributed by atoms with Crippen molar-refractivity contribution >= 4 is 50.7 Å². The SMILES string of the molecule is CCCNC(=O)C(CC)N(Cc1c(Cl)cccc1Cl)C(=O)CN(c1ccc(C)cc1)S(=O)(=O)c1ccc(F)cc1. The van der Waals surface area contributed by atoms with E-state index in [1.807, 2.05) is 13.8 Å². The molecule has 3 rings (SSSR count). The number of carbonyl (C=O) groups excluding carboxylic acids is 2. The number of anilines is 1. The molecule has 0 spiro atoms. The highest BCUT2D eigenvalue weighted by atomic mass is 35.5. The topological polar surface area (TPSA) is 86.8 Å². The normalized spacial score (nSPS) is 12.1. The Bertz CT molecular complexity index is 1410. The third kappa shape index (κ3) is 7.53. The van der Waals surface area contributed by atoms with E-state index in [0.717, 1.165) is 34.1 Å². The van der Waals surface area contributed by atoms with Crippen molar-refractivity contribution < 1.29 is 22.4 Å². The average molecular weight is 609 g/mol. The molecule has 0 fully saturated rings. The van der Waals surface area contributed by atoms with Crippen molar-refractivity contribution in [2.24, 2.45) is 0 Å². The Balaban J connectivity index is 2.08. The van der Waals surface area contributed by atoms with Gasteiger partial charge in [-0.1, -0.05) is 60.8 Å². The summed E-state index contributed by atoms with van der Waals surface area (Å²) in [5.41, 5.74) is 1.56. The van der Waals surface area contributed by atoms with Crippen LogP contribution in [0.1, 0.15) is 37.8 Å². The van der Waals surface area contributed by atoms with Crippen LogP contribution in [0, 0.1) is 12.7 Å². The highest BCUT2D eigenvalue weighted by Crippen LogP contribution is 2.29. The predicted octanol–water partition coefficient (Wildman–Crippen LogP) is 5.97. The number of amides is 2. The van der Waals surface area contributed by atoms with Crippen LogP contribution in [0.2, 0.25) is 10.0 Å². The second kappa shape index (κ2) is 14.0. The van der Waals surface area contributed by atoms with Gasteiger partial charge in [-0.25, -0.2) is 12.8 Å². The Kier molecular flexibility index (Phi) is 11.0. The zero-order valence-electron chi connectivity index (χ0n) is 22.5. The number of benzene rings is 3.